The van der Waals surface area contributed by atoms with Crippen LogP contribution in [0.5, 0.6) is 5.75 Å². The average Bonchev–Trinajstić information content (AvgIpc) is 2.98. The number of methoxy groups -OCH3 is 1. The van der Waals surface area contributed by atoms with E-state index in [9.17, 15) is 14.0 Å². The number of aryl methyl sites for hydroxylation is 2. The molecule has 0 unspecified atom stereocenters. The lowest BCUT2D eigenvalue weighted by Gasteiger charge is -2.16. The smallest absolute Gasteiger partial charge is 0.282 e. The molecule has 4 rings (SSSR count). The molecule has 0 saturated carbocycles. The number of nitrogens with zero attached hydrogens (tertiary/aromatic N) is 1. The second-order valence-corrected chi connectivity index (χ2v) is 7.90. The first kappa shape index (κ1) is 21.6. The molecule has 0 atom stereocenters. The number of hydrogen-bond donors (Lipinski definition) is 1. The van der Waals surface area contributed by atoms with Crippen molar-refractivity contribution in [3.8, 4) is 5.75 Å². The summed E-state index contributed by atoms with van der Waals surface area (Å²) in [6, 6.07) is 15.9. The highest BCUT2D eigenvalue weighted by molar-refractivity contribution is 6.46. The van der Waals surface area contributed by atoms with Crippen LogP contribution in [0, 0.1) is 19.7 Å². The maximum atomic E-state index is 13.9. The zero-order chi connectivity index (χ0) is 23.0. The number of anilines is 2. The van der Waals surface area contributed by atoms with Gasteiger partial charge in [-0.3, -0.25) is 9.59 Å². The van der Waals surface area contributed by atoms with Crippen LogP contribution < -0.4 is 15.0 Å². The Hall–Kier alpha value is -3.64. The Kier molecular flexibility index (Phi) is 5.72. The second-order valence-electron chi connectivity index (χ2n) is 7.46. The lowest BCUT2D eigenvalue weighted by Crippen LogP contribution is -2.32. The van der Waals surface area contributed by atoms with Gasteiger partial charge in [0.05, 0.1) is 24.1 Å². The fourth-order valence-electron chi connectivity index (χ4n) is 3.75. The van der Waals surface area contributed by atoms with E-state index in [1.165, 1.54) is 25.3 Å². The summed E-state index contributed by atoms with van der Waals surface area (Å²) in [5, 5.41) is 3.48. The zero-order valence-electron chi connectivity index (χ0n) is 17.7. The summed E-state index contributed by atoms with van der Waals surface area (Å²) < 4.78 is 19.3. The van der Waals surface area contributed by atoms with Gasteiger partial charge in [-0.25, -0.2) is 9.29 Å². The molecule has 0 radical (unpaired) electrons. The summed E-state index contributed by atoms with van der Waals surface area (Å²) in [5.41, 5.74) is 3.30. The van der Waals surface area contributed by atoms with Crippen molar-refractivity contribution in [3.63, 3.8) is 0 Å². The number of nitrogens with one attached hydrogen (secondary N) is 1. The van der Waals surface area contributed by atoms with E-state index in [1.807, 2.05) is 26.0 Å². The number of carbonyl (C=O) groups excluding carboxylic acids is 2. The van der Waals surface area contributed by atoms with Gasteiger partial charge in [-0.1, -0.05) is 41.4 Å². The molecule has 0 spiro atoms. The second kappa shape index (κ2) is 8.48. The highest BCUT2D eigenvalue weighted by atomic mass is 35.5. The van der Waals surface area contributed by atoms with Crippen molar-refractivity contribution in [2.45, 2.75) is 13.8 Å². The summed E-state index contributed by atoms with van der Waals surface area (Å²) in [6.45, 7) is 3.82. The van der Waals surface area contributed by atoms with Gasteiger partial charge in [0, 0.05) is 5.02 Å². The first-order chi connectivity index (χ1) is 15.3. The number of benzene rings is 3. The molecule has 3 aromatic rings. The summed E-state index contributed by atoms with van der Waals surface area (Å²) in [7, 11) is 1.49. The molecule has 2 amide bonds. The summed E-state index contributed by atoms with van der Waals surface area (Å²) in [4.78, 5) is 28.0. The number of ether oxygens (including phenoxy) is 1. The third kappa shape index (κ3) is 3.85. The van der Waals surface area contributed by atoms with Crippen molar-refractivity contribution in [2.75, 3.05) is 17.3 Å². The molecule has 1 aliphatic rings. The van der Waals surface area contributed by atoms with Gasteiger partial charge in [0.25, 0.3) is 11.8 Å². The van der Waals surface area contributed by atoms with E-state index in [2.05, 4.69) is 5.32 Å². The lowest BCUT2D eigenvalue weighted by atomic mass is 9.97. The Morgan fingerprint density at radius 1 is 0.969 bits per heavy atom. The van der Waals surface area contributed by atoms with Crippen molar-refractivity contribution in [2.24, 2.45) is 0 Å². The topological polar surface area (TPSA) is 58.6 Å². The highest BCUT2D eigenvalue weighted by Crippen LogP contribution is 2.37. The predicted octanol–water partition coefficient (Wildman–Crippen LogP) is 5.50. The SMILES string of the molecule is COc1ccc(Cl)cc1NC1=C(c2ccc(C)cc2C)C(=O)N(c2cccc(F)c2)C1=O. The maximum absolute atomic E-state index is 13.9. The van der Waals surface area contributed by atoms with Crippen LogP contribution in [0.2, 0.25) is 5.02 Å². The first-order valence-electron chi connectivity index (χ1n) is 9.87. The van der Waals surface area contributed by atoms with Gasteiger partial charge >= 0.3 is 0 Å². The van der Waals surface area contributed by atoms with Crippen molar-refractivity contribution in [1.29, 1.82) is 0 Å². The van der Waals surface area contributed by atoms with E-state index in [4.69, 9.17) is 16.3 Å². The molecule has 1 N–H and O–H groups in total. The van der Waals surface area contributed by atoms with Crippen LogP contribution in [0.3, 0.4) is 0 Å². The lowest BCUT2D eigenvalue weighted by molar-refractivity contribution is -0.120. The normalized spacial score (nSPS) is 13.7. The standard InChI is InChI=1S/C25H20ClFN2O3/c1-14-7-9-19(15(2)11-14)22-23(28-20-12-16(26)8-10-21(20)32-3)25(31)29(24(22)30)18-6-4-5-17(27)13-18/h4-13,28H,1-3H3. The summed E-state index contributed by atoms with van der Waals surface area (Å²) in [6.07, 6.45) is 0. The van der Waals surface area contributed by atoms with E-state index in [1.54, 1.807) is 24.3 Å². The van der Waals surface area contributed by atoms with Gasteiger partial charge < -0.3 is 10.1 Å². The molecule has 32 heavy (non-hydrogen) atoms. The Labute approximate surface area is 190 Å². The molecule has 0 saturated heterocycles. The van der Waals surface area contributed by atoms with Crippen LogP contribution in [0.15, 0.2) is 66.4 Å². The molecule has 0 aliphatic carbocycles. The van der Waals surface area contributed by atoms with Crippen LogP contribution in [0.25, 0.3) is 5.57 Å². The Bertz CT molecular complexity index is 1290. The Morgan fingerprint density at radius 2 is 1.75 bits per heavy atom. The van der Waals surface area contributed by atoms with Crippen molar-refractivity contribution in [3.05, 3.63) is 93.9 Å². The Balaban J connectivity index is 1.90. The monoisotopic (exact) mass is 450 g/mol. The number of amides is 2. The third-order valence-electron chi connectivity index (χ3n) is 5.22. The maximum Gasteiger partial charge on any atom is 0.282 e. The van der Waals surface area contributed by atoms with E-state index in [-0.39, 0.29) is 17.0 Å². The van der Waals surface area contributed by atoms with Crippen molar-refractivity contribution in [1.82, 2.24) is 0 Å². The number of imide groups is 1. The van der Waals surface area contributed by atoms with Gasteiger partial charge in [-0.15, -0.1) is 0 Å². The molecule has 1 aliphatic heterocycles. The first-order valence-corrected chi connectivity index (χ1v) is 10.2. The highest BCUT2D eigenvalue weighted by Gasteiger charge is 2.41. The van der Waals surface area contributed by atoms with Gasteiger partial charge in [0.1, 0.15) is 17.3 Å². The molecule has 0 aromatic heterocycles. The van der Waals surface area contributed by atoms with Gasteiger partial charge in [0.15, 0.2) is 0 Å². The van der Waals surface area contributed by atoms with Crippen LogP contribution in [-0.2, 0) is 9.59 Å². The van der Waals surface area contributed by atoms with Crippen LogP contribution in [-0.4, -0.2) is 18.9 Å². The number of hydrogen-bond acceptors (Lipinski definition) is 4. The van der Waals surface area contributed by atoms with E-state index in [0.29, 0.717) is 22.0 Å². The minimum atomic E-state index is -0.599. The molecule has 7 heteroatoms. The molecule has 1 heterocycles. The zero-order valence-corrected chi connectivity index (χ0v) is 18.5. The summed E-state index contributed by atoms with van der Waals surface area (Å²) >= 11 is 6.15. The van der Waals surface area contributed by atoms with E-state index >= 15 is 0 Å². The molecule has 5 nitrogen and oxygen atoms in total. The summed E-state index contributed by atoms with van der Waals surface area (Å²) in [5.74, 6) is -1.24. The van der Waals surface area contributed by atoms with Crippen LogP contribution >= 0.6 is 11.6 Å². The van der Waals surface area contributed by atoms with Crippen LogP contribution in [0.4, 0.5) is 15.8 Å². The molecule has 162 valence electrons. The number of rotatable bonds is 5. The molecule has 0 fully saturated rings. The van der Waals surface area contributed by atoms with E-state index < -0.39 is 17.6 Å². The fraction of sp³-hybridized carbons (Fsp3) is 0.120. The number of carbonyl (C=O) groups is 2. The minimum Gasteiger partial charge on any atom is -0.495 e. The molecular formula is C25H20ClFN2O3. The fourth-order valence-corrected chi connectivity index (χ4v) is 3.92. The Morgan fingerprint density at radius 3 is 2.44 bits per heavy atom. The van der Waals surface area contributed by atoms with Crippen molar-refractivity contribution < 1.29 is 18.7 Å². The quantitative estimate of drug-likeness (QED) is 0.521. The van der Waals surface area contributed by atoms with Crippen molar-refractivity contribution >= 4 is 40.4 Å². The average molecular weight is 451 g/mol. The molecule has 0 bridgehead atoms. The third-order valence-corrected chi connectivity index (χ3v) is 5.46. The number of halogens is 2. The van der Waals surface area contributed by atoms with Crippen LogP contribution in [0.1, 0.15) is 16.7 Å². The predicted molar refractivity (Wildman–Crippen MR) is 123 cm³/mol. The molecular weight excluding hydrogens is 431 g/mol. The van der Waals surface area contributed by atoms with Gasteiger partial charge in [-0.2, -0.15) is 0 Å². The largest absolute Gasteiger partial charge is 0.495 e. The van der Waals surface area contributed by atoms with Gasteiger partial charge in [-0.05, 0) is 61.4 Å². The van der Waals surface area contributed by atoms with E-state index in [0.717, 1.165) is 22.1 Å². The van der Waals surface area contributed by atoms with Gasteiger partial charge in [0.2, 0.25) is 0 Å². The molecule has 3 aromatic carbocycles. The minimum absolute atomic E-state index is 0.0618.